The van der Waals surface area contributed by atoms with Gasteiger partial charge in [0, 0.05) is 37.0 Å². The molecule has 0 aromatic carbocycles. The van der Waals surface area contributed by atoms with Crippen molar-refractivity contribution >= 4 is 17.2 Å². The summed E-state index contributed by atoms with van der Waals surface area (Å²) in [6.45, 7) is 7.39. The zero-order valence-electron chi connectivity index (χ0n) is 12.5. The number of hydrogen-bond donors (Lipinski definition) is 1. The molecule has 5 nitrogen and oxygen atoms in total. The number of hydrogen-bond acceptors (Lipinski definition) is 5. The van der Waals surface area contributed by atoms with E-state index in [1.54, 1.807) is 10.3 Å². The molecule has 0 unspecified atom stereocenters. The normalized spacial score (nSPS) is 24.2. The van der Waals surface area contributed by atoms with Gasteiger partial charge in [-0.25, -0.2) is 4.98 Å². The zero-order valence-corrected chi connectivity index (χ0v) is 13.4. The lowest BCUT2D eigenvalue weighted by molar-refractivity contribution is -0.136. The minimum absolute atomic E-state index is 0.0207. The van der Waals surface area contributed by atoms with Gasteiger partial charge >= 0.3 is 0 Å². The fraction of sp³-hybridized carbons (Fsp3) is 0.714. The summed E-state index contributed by atoms with van der Waals surface area (Å²) in [6, 6.07) is 0.189. The van der Waals surface area contributed by atoms with Gasteiger partial charge < -0.3 is 15.4 Å². The van der Waals surface area contributed by atoms with Crippen LogP contribution in [0.25, 0.3) is 0 Å². The van der Waals surface area contributed by atoms with E-state index in [1.165, 1.54) is 11.3 Å². The molecule has 1 aliphatic rings. The molecule has 2 atom stereocenters. The maximum Gasteiger partial charge on any atom is 0.273 e. The van der Waals surface area contributed by atoms with E-state index in [9.17, 15) is 4.79 Å². The largest absolute Gasteiger partial charge is 0.378 e. The summed E-state index contributed by atoms with van der Waals surface area (Å²) >= 11 is 1.43. The van der Waals surface area contributed by atoms with Gasteiger partial charge in [-0.05, 0) is 13.3 Å². The Morgan fingerprint density at radius 3 is 2.85 bits per heavy atom. The molecule has 2 N–H and O–H groups in total. The van der Waals surface area contributed by atoms with E-state index in [-0.39, 0.29) is 23.5 Å². The molecule has 6 heteroatoms. The second-order valence-corrected chi connectivity index (χ2v) is 6.71. The van der Waals surface area contributed by atoms with Crippen molar-refractivity contribution in [2.45, 2.75) is 45.9 Å². The SMILES string of the molecule is CCO[C@H]1C[C@@H](N(C)C(=O)c2csc(CN)n2)C1(C)C. The summed E-state index contributed by atoms with van der Waals surface area (Å²) < 4.78 is 5.71. The van der Waals surface area contributed by atoms with Crippen LogP contribution in [-0.4, -0.2) is 41.6 Å². The van der Waals surface area contributed by atoms with Crippen LogP contribution in [0.1, 0.15) is 42.7 Å². The molecule has 1 fully saturated rings. The van der Waals surface area contributed by atoms with Crippen molar-refractivity contribution in [3.63, 3.8) is 0 Å². The minimum Gasteiger partial charge on any atom is -0.378 e. The second kappa shape index (κ2) is 5.79. The highest BCUT2D eigenvalue weighted by molar-refractivity contribution is 7.09. The van der Waals surface area contributed by atoms with Gasteiger partial charge in [0.15, 0.2) is 0 Å². The predicted molar refractivity (Wildman–Crippen MR) is 79.7 cm³/mol. The van der Waals surface area contributed by atoms with E-state index in [0.29, 0.717) is 18.8 Å². The molecule has 1 saturated carbocycles. The van der Waals surface area contributed by atoms with Gasteiger partial charge in [0.2, 0.25) is 0 Å². The molecule has 1 aromatic rings. The van der Waals surface area contributed by atoms with Crippen molar-refractivity contribution in [2.75, 3.05) is 13.7 Å². The third kappa shape index (κ3) is 2.60. The Morgan fingerprint density at radius 2 is 2.35 bits per heavy atom. The average Bonchev–Trinajstić information content (AvgIpc) is 2.90. The third-order valence-electron chi connectivity index (χ3n) is 4.23. The maximum absolute atomic E-state index is 12.4. The van der Waals surface area contributed by atoms with Gasteiger partial charge in [0.1, 0.15) is 10.7 Å². The summed E-state index contributed by atoms with van der Waals surface area (Å²) in [4.78, 5) is 18.5. The van der Waals surface area contributed by atoms with Crippen molar-refractivity contribution in [2.24, 2.45) is 11.1 Å². The molecule has 2 rings (SSSR count). The molecule has 20 heavy (non-hydrogen) atoms. The Bertz CT molecular complexity index is 487. The number of thiazole rings is 1. The first-order valence-electron chi connectivity index (χ1n) is 6.95. The lowest BCUT2D eigenvalue weighted by Crippen LogP contribution is -2.62. The molecule has 0 saturated heterocycles. The summed E-state index contributed by atoms with van der Waals surface area (Å²) in [5.41, 5.74) is 6.01. The molecule has 1 aromatic heterocycles. The molecule has 112 valence electrons. The molecule has 0 bridgehead atoms. The van der Waals surface area contributed by atoms with Crippen LogP contribution in [0.2, 0.25) is 0 Å². The van der Waals surface area contributed by atoms with E-state index >= 15 is 0 Å². The van der Waals surface area contributed by atoms with Gasteiger partial charge in [-0.15, -0.1) is 11.3 Å². The molecular formula is C14H23N3O2S. The number of ether oxygens (including phenoxy) is 1. The Morgan fingerprint density at radius 1 is 1.65 bits per heavy atom. The monoisotopic (exact) mass is 297 g/mol. The predicted octanol–water partition coefficient (Wildman–Crippen LogP) is 1.88. The highest BCUT2D eigenvalue weighted by Gasteiger charge is 2.51. The molecule has 1 amide bonds. The number of carbonyl (C=O) groups is 1. The lowest BCUT2D eigenvalue weighted by atomic mass is 9.63. The number of nitrogens with zero attached hydrogens (tertiary/aromatic N) is 2. The summed E-state index contributed by atoms with van der Waals surface area (Å²) in [5, 5.41) is 2.58. The average molecular weight is 297 g/mol. The highest BCUT2D eigenvalue weighted by atomic mass is 32.1. The number of aromatic nitrogens is 1. The standard InChI is InChI=1S/C14H23N3O2S/c1-5-19-11-6-10(14(11,2)3)17(4)13(18)9-8-20-12(7-15)16-9/h8,10-11H,5-7,15H2,1-4H3/t10-,11+/m1/s1. The quantitative estimate of drug-likeness (QED) is 0.901. The first kappa shape index (κ1) is 15.4. The first-order chi connectivity index (χ1) is 9.41. The van der Waals surface area contributed by atoms with Gasteiger partial charge in [0.25, 0.3) is 5.91 Å². The molecular weight excluding hydrogens is 274 g/mol. The summed E-state index contributed by atoms with van der Waals surface area (Å²) in [5.74, 6) is -0.0334. The fourth-order valence-corrected chi connectivity index (χ4v) is 3.48. The highest BCUT2D eigenvalue weighted by Crippen LogP contribution is 2.45. The van der Waals surface area contributed by atoms with Gasteiger partial charge in [-0.1, -0.05) is 13.8 Å². The van der Waals surface area contributed by atoms with E-state index in [0.717, 1.165) is 11.4 Å². The molecule has 0 radical (unpaired) electrons. The summed E-state index contributed by atoms with van der Waals surface area (Å²) in [7, 11) is 1.85. The van der Waals surface area contributed by atoms with E-state index < -0.39 is 0 Å². The van der Waals surface area contributed by atoms with E-state index in [1.807, 2.05) is 14.0 Å². The van der Waals surface area contributed by atoms with Crippen LogP contribution in [0.3, 0.4) is 0 Å². The Kier molecular flexibility index (Phi) is 4.46. The van der Waals surface area contributed by atoms with Gasteiger partial charge in [-0.3, -0.25) is 4.79 Å². The van der Waals surface area contributed by atoms with Gasteiger partial charge in [-0.2, -0.15) is 0 Å². The van der Waals surface area contributed by atoms with E-state index in [2.05, 4.69) is 18.8 Å². The molecule has 0 aliphatic heterocycles. The van der Waals surface area contributed by atoms with Crippen LogP contribution in [0.15, 0.2) is 5.38 Å². The lowest BCUT2D eigenvalue weighted by Gasteiger charge is -2.54. The molecule has 0 spiro atoms. The van der Waals surface area contributed by atoms with Crippen LogP contribution in [-0.2, 0) is 11.3 Å². The van der Waals surface area contributed by atoms with Crippen LogP contribution in [0, 0.1) is 5.41 Å². The number of amides is 1. The number of nitrogens with two attached hydrogens (primary N) is 1. The topological polar surface area (TPSA) is 68.5 Å². The minimum atomic E-state index is -0.0334. The smallest absolute Gasteiger partial charge is 0.273 e. The Hall–Kier alpha value is -0.980. The third-order valence-corrected chi connectivity index (χ3v) is 5.10. The van der Waals surface area contributed by atoms with E-state index in [4.69, 9.17) is 10.5 Å². The van der Waals surface area contributed by atoms with Gasteiger partial charge in [0.05, 0.1) is 6.10 Å². The Labute approximate surface area is 124 Å². The van der Waals surface area contributed by atoms with Crippen molar-refractivity contribution in [3.8, 4) is 0 Å². The number of carbonyl (C=O) groups excluding carboxylic acids is 1. The van der Waals surface area contributed by atoms with Crippen molar-refractivity contribution in [1.29, 1.82) is 0 Å². The van der Waals surface area contributed by atoms with Crippen LogP contribution in [0.5, 0.6) is 0 Å². The van der Waals surface area contributed by atoms with Crippen molar-refractivity contribution in [3.05, 3.63) is 16.1 Å². The van der Waals surface area contributed by atoms with Crippen molar-refractivity contribution < 1.29 is 9.53 Å². The first-order valence-corrected chi connectivity index (χ1v) is 7.83. The molecule has 1 heterocycles. The van der Waals surface area contributed by atoms with Crippen LogP contribution >= 0.6 is 11.3 Å². The second-order valence-electron chi connectivity index (χ2n) is 5.76. The molecule has 1 aliphatic carbocycles. The maximum atomic E-state index is 12.4. The zero-order chi connectivity index (χ0) is 14.9. The summed E-state index contributed by atoms with van der Waals surface area (Å²) in [6.07, 6.45) is 1.11. The fourth-order valence-electron chi connectivity index (χ4n) is 2.83. The van der Waals surface area contributed by atoms with Crippen molar-refractivity contribution in [1.82, 2.24) is 9.88 Å². The Balaban J connectivity index is 2.05. The van der Waals surface area contributed by atoms with Crippen LogP contribution in [0.4, 0.5) is 0 Å². The van der Waals surface area contributed by atoms with Crippen LogP contribution < -0.4 is 5.73 Å². The number of rotatable bonds is 5.